The highest BCUT2D eigenvalue weighted by atomic mass is 35.5. The number of hydrogen-bond acceptors (Lipinski definition) is 3. The van der Waals surface area contributed by atoms with Crippen LogP contribution in [0.1, 0.15) is 38.2 Å². The maximum atomic E-state index is 13.3. The summed E-state index contributed by atoms with van der Waals surface area (Å²) in [5.74, 6) is -0.715. The fourth-order valence-corrected chi connectivity index (χ4v) is 1.82. The minimum atomic E-state index is -0.461. The van der Waals surface area contributed by atoms with Crippen LogP contribution in [0.3, 0.4) is 0 Å². The zero-order chi connectivity index (χ0) is 14.3. The number of rotatable bonds is 7. The van der Waals surface area contributed by atoms with E-state index in [4.69, 9.17) is 22.1 Å². The Bertz CT molecular complexity index is 438. The highest BCUT2D eigenvalue weighted by Gasteiger charge is 2.06. The van der Waals surface area contributed by atoms with Crippen molar-refractivity contribution in [1.82, 2.24) is 0 Å². The van der Waals surface area contributed by atoms with Gasteiger partial charge in [0.05, 0.1) is 11.6 Å². The zero-order valence-corrected chi connectivity index (χ0v) is 11.7. The van der Waals surface area contributed by atoms with E-state index in [9.17, 15) is 9.18 Å². The Morgan fingerprint density at radius 2 is 2.16 bits per heavy atom. The van der Waals surface area contributed by atoms with E-state index >= 15 is 0 Å². The quantitative estimate of drug-likeness (QED) is 0.472. The summed E-state index contributed by atoms with van der Waals surface area (Å²) >= 11 is 5.62. The lowest BCUT2D eigenvalue weighted by molar-refractivity contribution is -0.141. The number of esters is 1. The number of anilines is 1. The molecule has 0 aliphatic rings. The molecule has 105 valence electrons. The van der Waals surface area contributed by atoms with Crippen LogP contribution in [0.2, 0.25) is 5.02 Å². The normalized spacial score (nSPS) is 10.5. The van der Waals surface area contributed by atoms with Gasteiger partial charge in [-0.3, -0.25) is 4.79 Å². The van der Waals surface area contributed by atoms with Gasteiger partial charge in [-0.25, -0.2) is 4.39 Å². The summed E-state index contributed by atoms with van der Waals surface area (Å²) in [6.07, 6.45) is 5.40. The molecular formula is C14H18ClFNO2. The van der Waals surface area contributed by atoms with Crippen molar-refractivity contribution in [2.45, 2.75) is 32.6 Å². The van der Waals surface area contributed by atoms with Gasteiger partial charge in [-0.15, -0.1) is 0 Å². The summed E-state index contributed by atoms with van der Waals surface area (Å²) in [5, 5.41) is 0.0380. The summed E-state index contributed by atoms with van der Waals surface area (Å²) in [6.45, 7) is 1.85. The van der Waals surface area contributed by atoms with E-state index in [0.29, 0.717) is 17.9 Å². The molecule has 1 aromatic rings. The Morgan fingerprint density at radius 1 is 1.42 bits per heavy atom. The molecule has 0 fully saturated rings. The molecule has 0 atom stereocenters. The van der Waals surface area contributed by atoms with Gasteiger partial charge in [0.2, 0.25) is 0 Å². The van der Waals surface area contributed by atoms with E-state index in [0.717, 1.165) is 25.7 Å². The monoisotopic (exact) mass is 286 g/mol. The SMILES string of the molecule is CC(=O)OCCCCC[CH]c1cc(F)c(Cl)cc1N. The minimum Gasteiger partial charge on any atom is -0.466 e. The maximum Gasteiger partial charge on any atom is 0.302 e. The molecule has 0 spiro atoms. The third-order valence-electron chi connectivity index (χ3n) is 2.64. The summed E-state index contributed by atoms with van der Waals surface area (Å²) in [5.41, 5.74) is 6.89. The van der Waals surface area contributed by atoms with E-state index in [1.807, 2.05) is 6.42 Å². The summed E-state index contributed by atoms with van der Waals surface area (Å²) in [6, 6.07) is 2.76. The molecule has 1 rings (SSSR count). The van der Waals surface area contributed by atoms with Crippen molar-refractivity contribution in [3.63, 3.8) is 0 Å². The fraction of sp³-hybridized carbons (Fsp3) is 0.429. The topological polar surface area (TPSA) is 52.3 Å². The first kappa shape index (κ1) is 15.8. The van der Waals surface area contributed by atoms with Gasteiger partial charge in [-0.05, 0) is 37.0 Å². The van der Waals surface area contributed by atoms with Crippen molar-refractivity contribution in [1.29, 1.82) is 0 Å². The van der Waals surface area contributed by atoms with Crippen LogP contribution in [0.4, 0.5) is 10.1 Å². The van der Waals surface area contributed by atoms with Gasteiger partial charge < -0.3 is 10.5 Å². The summed E-state index contributed by atoms with van der Waals surface area (Å²) in [4.78, 5) is 10.5. The van der Waals surface area contributed by atoms with Crippen LogP contribution < -0.4 is 5.73 Å². The molecule has 0 bridgehead atoms. The largest absolute Gasteiger partial charge is 0.466 e. The summed E-state index contributed by atoms with van der Waals surface area (Å²) < 4.78 is 18.1. The van der Waals surface area contributed by atoms with Crippen LogP contribution in [0.5, 0.6) is 0 Å². The zero-order valence-electron chi connectivity index (χ0n) is 10.9. The van der Waals surface area contributed by atoms with Crippen molar-refractivity contribution in [3.05, 3.63) is 35.0 Å². The Morgan fingerprint density at radius 3 is 2.84 bits per heavy atom. The Balaban J connectivity index is 2.23. The highest BCUT2D eigenvalue weighted by Crippen LogP contribution is 2.24. The molecule has 1 aromatic carbocycles. The third-order valence-corrected chi connectivity index (χ3v) is 2.93. The maximum absolute atomic E-state index is 13.3. The molecule has 1 radical (unpaired) electrons. The second kappa shape index (κ2) is 8.00. The van der Waals surface area contributed by atoms with E-state index in [-0.39, 0.29) is 11.0 Å². The molecule has 5 heteroatoms. The minimum absolute atomic E-state index is 0.0380. The van der Waals surface area contributed by atoms with Gasteiger partial charge in [-0.1, -0.05) is 24.4 Å². The van der Waals surface area contributed by atoms with Crippen molar-refractivity contribution in [2.75, 3.05) is 12.3 Å². The Kier molecular flexibility index (Phi) is 6.64. The van der Waals surface area contributed by atoms with Crippen molar-refractivity contribution < 1.29 is 13.9 Å². The molecule has 0 saturated carbocycles. The van der Waals surface area contributed by atoms with Crippen LogP contribution in [0, 0.1) is 12.2 Å². The smallest absolute Gasteiger partial charge is 0.302 e. The molecule has 0 aliphatic carbocycles. The second-order valence-corrected chi connectivity index (χ2v) is 4.70. The van der Waals surface area contributed by atoms with Gasteiger partial charge in [-0.2, -0.15) is 0 Å². The average molecular weight is 287 g/mol. The van der Waals surface area contributed by atoms with Crippen LogP contribution in [0.25, 0.3) is 0 Å². The second-order valence-electron chi connectivity index (χ2n) is 4.29. The van der Waals surface area contributed by atoms with E-state index < -0.39 is 5.82 Å². The number of nitrogens with two attached hydrogens (primary N) is 1. The molecule has 0 aromatic heterocycles. The number of halogens is 2. The lowest BCUT2D eigenvalue weighted by atomic mass is 10.0. The van der Waals surface area contributed by atoms with Crippen molar-refractivity contribution in [2.24, 2.45) is 0 Å². The number of benzene rings is 1. The lowest BCUT2D eigenvalue weighted by Crippen LogP contribution is -2.00. The lowest BCUT2D eigenvalue weighted by Gasteiger charge is -2.07. The number of carbonyl (C=O) groups excluding carboxylic acids is 1. The highest BCUT2D eigenvalue weighted by molar-refractivity contribution is 6.31. The Hall–Kier alpha value is -1.29. The molecule has 0 unspecified atom stereocenters. The van der Waals surface area contributed by atoms with E-state index in [2.05, 4.69) is 0 Å². The van der Waals surface area contributed by atoms with Gasteiger partial charge >= 0.3 is 5.97 Å². The van der Waals surface area contributed by atoms with Crippen molar-refractivity contribution in [3.8, 4) is 0 Å². The van der Waals surface area contributed by atoms with E-state index in [1.54, 1.807) is 0 Å². The van der Waals surface area contributed by atoms with Crippen LogP contribution in [0.15, 0.2) is 12.1 Å². The van der Waals surface area contributed by atoms with Crippen molar-refractivity contribution >= 4 is 23.3 Å². The molecule has 19 heavy (non-hydrogen) atoms. The Labute approximate surface area is 117 Å². The fourth-order valence-electron chi connectivity index (χ4n) is 1.65. The molecule has 0 amide bonds. The van der Waals surface area contributed by atoms with Crippen LogP contribution in [-0.4, -0.2) is 12.6 Å². The van der Waals surface area contributed by atoms with Gasteiger partial charge in [0.1, 0.15) is 5.82 Å². The standard InChI is InChI=1S/C14H18ClFNO2/c1-10(18)19-7-5-3-2-4-6-11-8-13(16)12(15)9-14(11)17/h6,8-9H,2-5,7,17H2,1H3. The number of hydrogen-bond donors (Lipinski definition) is 1. The van der Waals surface area contributed by atoms with Gasteiger partial charge in [0.15, 0.2) is 0 Å². The first-order chi connectivity index (χ1) is 9.00. The number of nitrogen functional groups attached to an aromatic ring is 1. The predicted molar refractivity (Wildman–Crippen MR) is 74.3 cm³/mol. The van der Waals surface area contributed by atoms with Gasteiger partial charge in [0.25, 0.3) is 0 Å². The average Bonchev–Trinajstić information content (AvgIpc) is 2.33. The molecule has 2 N–H and O–H groups in total. The third kappa shape index (κ3) is 5.92. The summed E-state index contributed by atoms with van der Waals surface area (Å²) in [7, 11) is 0. The first-order valence-corrected chi connectivity index (χ1v) is 6.59. The first-order valence-electron chi connectivity index (χ1n) is 6.22. The van der Waals surface area contributed by atoms with E-state index in [1.165, 1.54) is 19.1 Å². The molecule has 3 nitrogen and oxygen atoms in total. The predicted octanol–water partition coefficient (Wildman–Crippen LogP) is 3.74. The molecule has 0 saturated heterocycles. The number of ether oxygens (including phenoxy) is 1. The number of unbranched alkanes of at least 4 members (excludes halogenated alkanes) is 3. The molecule has 0 heterocycles. The van der Waals surface area contributed by atoms with Crippen LogP contribution >= 0.6 is 11.6 Å². The van der Waals surface area contributed by atoms with Gasteiger partial charge in [0, 0.05) is 12.6 Å². The molecular weight excluding hydrogens is 269 g/mol. The number of carbonyl (C=O) groups is 1. The van der Waals surface area contributed by atoms with Crippen LogP contribution in [-0.2, 0) is 9.53 Å². The molecule has 0 aliphatic heterocycles.